The lowest BCUT2D eigenvalue weighted by molar-refractivity contribution is -0.199. The summed E-state index contributed by atoms with van der Waals surface area (Å²) in [6, 6.07) is 8.20. The average molecular weight is 420 g/mol. The second-order valence-corrected chi connectivity index (χ2v) is 7.99. The van der Waals surface area contributed by atoms with E-state index in [9.17, 15) is 19.8 Å². The summed E-state index contributed by atoms with van der Waals surface area (Å²) < 4.78 is 5.27. The number of aliphatic hydroxyl groups is 1. The topological polar surface area (TPSA) is 102 Å². The maximum Gasteiger partial charge on any atom is 0.323 e. The summed E-state index contributed by atoms with van der Waals surface area (Å²) in [7, 11) is 0. The van der Waals surface area contributed by atoms with E-state index in [1.807, 2.05) is 35.3 Å². The van der Waals surface area contributed by atoms with Crippen molar-refractivity contribution in [2.45, 2.75) is 69.8 Å². The number of rotatable bonds is 8. The first kappa shape index (κ1) is 22.7. The maximum atomic E-state index is 12.6. The molecule has 0 aliphatic carbocycles. The molecule has 2 aliphatic heterocycles. The first-order valence-electron chi connectivity index (χ1n) is 10.9. The Kier molecular flexibility index (Phi) is 8.21. The fourth-order valence-corrected chi connectivity index (χ4v) is 4.45. The Morgan fingerprint density at radius 3 is 2.57 bits per heavy atom. The zero-order valence-electron chi connectivity index (χ0n) is 17.6. The van der Waals surface area contributed by atoms with Gasteiger partial charge in [0.2, 0.25) is 0 Å². The van der Waals surface area contributed by atoms with Gasteiger partial charge >= 0.3 is 11.9 Å². The van der Waals surface area contributed by atoms with Crippen LogP contribution < -0.4 is 5.32 Å². The van der Waals surface area contributed by atoms with Crippen LogP contribution in [0.2, 0.25) is 0 Å². The second-order valence-electron chi connectivity index (χ2n) is 7.99. The molecule has 1 aromatic carbocycles. The summed E-state index contributed by atoms with van der Waals surface area (Å²) in [6.07, 6.45) is 2.99. The van der Waals surface area contributed by atoms with Gasteiger partial charge in [-0.15, -0.1) is 0 Å². The number of carboxylic acid groups (broad SMARTS) is 1. The molecular weight excluding hydrogens is 386 g/mol. The number of carbonyl (C=O) groups excluding carboxylic acids is 1. The molecule has 8 nitrogen and oxygen atoms in total. The number of hydrogen-bond donors (Lipinski definition) is 3. The van der Waals surface area contributed by atoms with Crippen LogP contribution in [0.4, 0.5) is 0 Å². The molecule has 1 unspecified atom stereocenters. The molecule has 0 amide bonds. The summed E-state index contributed by atoms with van der Waals surface area (Å²) in [5.74, 6) is -1.26. The predicted octanol–water partition coefficient (Wildman–Crippen LogP) is 1.39. The van der Waals surface area contributed by atoms with Gasteiger partial charge in [0, 0.05) is 19.1 Å². The highest BCUT2D eigenvalue weighted by Crippen LogP contribution is 2.27. The second kappa shape index (κ2) is 10.9. The molecule has 1 aromatic rings. The number of ether oxygens (including phenoxy) is 1. The number of aliphatic hydroxyl groups excluding tert-OH is 1. The molecule has 2 fully saturated rings. The van der Waals surface area contributed by atoms with E-state index >= 15 is 0 Å². The summed E-state index contributed by atoms with van der Waals surface area (Å²) in [5.41, 5.74) is 1.13. The summed E-state index contributed by atoms with van der Waals surface area (Å²) >= 11 is 0. The number of nitrogens with zero attached hydrogens (tertiary/aromatic N) is 2. The van der Waals surface area contributed by atoms with Crippen LogP contribution in [-0.4, -0.2) is 76.2 Å². The smallest absolute Gasteiger partial charge is 0.323 e. The van der Waals surface area contributed by atoms with Crippen molar-refractivity contribution < 1.29 is 24.5 Å². The van der Waals surface area contributed by atoms with Crippen molar-refractivity contribution in [2.24, 2.45) is 0 Å². The van der Waals surface area contributed by atoms with Gasteiger partial charge in [-0.05, 0) is 51.0 Å². The summed E-state index contributed by atoms with van der Waals surface area (Å²) in [6.45, 7) is 3.50. The van der Waals surface area contributed by atoms with E-state index < -0.39 is 30.3 Å². The molecule has 4 atom stereocenters. The van der Waals surface area contributed by atoms with Gasteiger partial charge in [-0.25, -0.2) is 5.01 Å². The van der Waals surface area contributed by atoms with Gasteiger partial charge in [0.05, 0.1) is 6.61 Å². The zero-order chi connectivity index (χ0) is 21.5. The van der Waals surface area contributed by atoms with Crippen molar-refractivity contribution in [3.8, 4) is 0 Å². The van der Waals surface area contributed by atoms with Crippen molar-refractivity contribution in [3.63, 3.8) is 0 Å². The van der Waals surface area contributed by atoms with Gasteiger partial charge in [0.25, 0.3) is 0 Å². The Bertz CT molecular complexity index is 701. The number of hydrogen-bond acceptors (Lipinski definition) is 7. The Labute approximate surface area is 177 Å². The minimum atomic E-state index is -1.01. The maximum absolute atomic E-state index is 12.6. The third-order valence-electron chi connectivity index (χ3n) is 5.94. The number of aryl methyl sites for hydroxylation is 1. The zero-order valence-corrected chi connectivity index (χ0v) is 17.6. The molecule has 2 aliphatic rings. The highest BCUT2D eigenvalue weighted by molar-refractivity contribution is 5.76. The lowest BCUT2D eigenvalue weighted by Gasteiger charge is -2.45. The van der Waals surface area contributed by atoms with Gasteiger partial charge in [-0.1, -0.05) is 30.3 Å². The number of carbonyl (C=O) groups is 2. The van der Waals surface area contributed by atoms with Gasteiger partial charge in [0.15, 0.2) is 0 Å². The monoisotopic (exact) mass is 419 g/mol. The van der Waals surface area contributed by atoms with E-state index in [1.54, 1.807) is 11.9 Å². The van der Waals surface area contributed by atoms with E-state index in [4.69, 9.17) is 4.74 Å². The van der Waals surface area contributed by atoms with E-state index in [1.165, 1.54) is 0 Å². The fourth-order valence-electron chi connectivity index (χ4n) is 4.45. The van der Waals surface area contributed by atoms with Crippen LogP contribution in [0, 0.1) is 0 Å². The van der Waals surface area contributed by atoms with Crippen molar-refractivity contribution in [1.29, 1.82) is 0 Å². The molecule has 3 rings (SSSR count). The van der Waals surface area contributed by atoms with E-state index in [-0.39, 0.29) is 12.6 Å². The Morgan fingerprint density at radius 1 is 1.20 bits per heavy atom. The lowest BCUT2D eigenvalue weighted by Crippen LogP contribution is -2.64. The number of nitrogens with one attached hydrogen (secondary N) is 1. The standard InChI is InChI=1S/C22H33N3O5/c1-2-30-22(29)18(13-12-16-8-4-3-5-9-16)23-17-10-6-14-24-15-7-11-19(21(27)28)25(24)20(17)26/h3-5,8-9,17-20,23,26H,2,6-7,10-15H2,1H3,(H,27,28)/t17-,18-,19-,20?/m0/s1. The molecule has 0 aromatic heterocycles. The summed E-state index contributed by atoms with van der Waals surface area (Å²) in [5, 5.41) is 27.6. The van der Waals surface area contributed by atoms with Crippen molar-refractivity contribution in [1.82, 2.24) is 15.3 Å². The molecule has 166 valence electrons. The van der Waals surface area contributed by atoms with Crippen molar-refractivity contribution in [2.75, 3.05) is 19.7 Å². The molecular formula is C22H33N3O5. The molecule has 30 heavy (non-hydrogen) atoms. The first-order valence-corrected chi connectivity index (χ1v) is 10.9. The van der Waals surface area contributed by atoms with Gasteiger partial charge in [-0.3, -0.25) is 14.9 Å². The van der Waals surface area contributed by atoms with Crippen LogP contribution in [0.25, 0.3) is 0 Å². The predicted molar refractivity (Wildman–Crippen MR) is 111 cm³/mol. The number of carboxylic acids is 1. The molecule has 0 bridgehead atoms. The Balaban J connectivity index is 1.73. The summed E-state index contributed by atoms with van der Waals surface area (Å²) in [4.78, 5) is 24.4. The van der Waals surface area contributed by atoms with Crippen molar-refractivity contribution >= 4 is 11.9 Å². The Morgan fingerprint density at radius 2 is 1.90 bits per heavy atom. The minimum absolute atomic E-state index is 0.288. The van der Waals surface area contributed by atoms with Gasteiger partial charge in [0.1, 0.15) is 18.3 Å². The number of esters is 1. The third-order valence-corrected chi connectivity index (χ3v) is 5.94. The molecule has 3 N–H and O–H groups in total. The van der Waals surface area contributed by atoms with Crippen molar-refractivity contribution in [3.05, 3.63) is 35.9 Å². The van der Waals surface area contributed by atoms with Gasteiger partial charge in [-0.2, -0.15) is 5.01 Å². The number of hydrazine groups is 1. The third kappa shape index (κ3) is 5.57. The normalized spacial score (nSPS) is 26.4. The van der Waals surface area contributed by atoms with Crippen LogP contribution in [0.15, 0.2) is 30.3 Å². The largest absolute Gasteiger partial charge is 0.480 e. The molecule has 0 radical (unpaired) electrons. The first-order chi connectivity index (χ1) is 14.5. The van der Waals surface area contributed by atoms with Gasteiger partial charge < -0.3 is 14.9 Å². The van der Waals surface area contributed by atoms with Crippen LogP contribution in [0.1, 0.15) is 44.6 Å². The highest BCUT2D eigenvalue weighted by Gasteiger charge is 2.43. The SMILES string of the molecule is CCOC(=O)[C@H](CCc1ccccc1)N[C@H]1CCCN2CCC[C@@H](C(=O)O)N2C1O. The number of benzene rings is 1. The van der Waals surface area contributed by atoms with Crippen LogP contribution in [0.5, 0.6) is 0 Å². The highest BCUT2D eigenvalue weighted by atomic mass is 16.5. The van der Waals surface area contributed by atoms with E-state index in [0.29, 0.717) is 32.2 Å². The van der Waals surface area contributed by atoms with Crippen LogP contribution in [-0.2, 0) is 20.7 Å². The minimum Gasteiger partial charge on any atom is -0.480 e. The Hall–Kier alpha value is -2.00. The molecule has 8 heteroatoms. The average Bonchev–Trinajstić information content (AvgIpc) is 2.90. The van der Waals surface area contributed by atoms with Crippen LogP contribution in [0.3, 0.4) is 0 Å². The quantitative estimate of drug-likeness (QED) is 0.544. The lowest BCUT2D eigenvalue weighted by atomic mass is 10.0. The molecule has 2 heterocycles. The molecule has 0 spiro atoms. The number of fused-ring (bicyclic) bond motifs is 1. The molecule has 2 saturated heterocycles. The van der Waals surface area contributed by atoms with E-state index in [2.05, 4.69) is 5.32 Å². The number of aliphatic carboxylic acids is 1. The van der Waals surface area contributed by atoms with Crippen LogP contribution >= 0.6 is 0 Å². The molecule has 0 saturated carbocycles. The van der Waals surface area contributed by atoms with E-state index in [0.717, 1.165) is 24.9 Å². The fraction of sp³-hybridized carbons (Fsp3) is 0.636.